The van der Waals surface area contributed by atoms with Crippen molar-refractivity contribution in [2.45, 2.75) is 63.0 Å². The van der Waals surface area contributed by atoms with E-state index in [1.807, 2.05) is 24.3 Å². The van der Waals surface area contributed by atoms with Gasteiger partial charge in [0.05, 0.1) is 0 Å². The molecule has 0 spiro atoms. The fraction of sp³-hybridized carbons (Fsp3) is 0.357. The first-order valence-electron chi connectivity index (χ1n) is 10.9. The molecule has 0 saturated heterocycles. The summed E-state index contributed by atoms with van der Waals surface area (Å²) in [5, 5.41) is 1.34. The van der Waals surface area contributed by atoms with Crippen LogP contribution in [0.4, 0.5) is 0 Å². The van der Waals surface area contributed by atoms with Crippen molar-refractivity contribution in [1.82, 2.24) is 0 Å². The first-order valence-corrected chi connectivity index (χ1v) is 13.1. The second-order valence-electron chi connectivity index (χ2n) is 10.1. The van der Waals surface area contributed by atoms with Crippen molar-refractivity contribution in [3.05, 3.63) is 82.9 Å². The monoisotopic (exact) mass is 558 g/mol. The zero-order valence-corrected chi connectivity index (χ0v) is 22.9. The third-order valence-electron chi connectivity index (χ3n) is 5.43. The Morgan fingerprint density at radius 1 is 0.562 bits per heavy atom. The van der Waals surface area contributed by atoms with Crippen molar-refractivity contribution in [3.8, 4) is 23.0 Å². The van der Waals surface area contributed by atoms with Crippen molar-refractivity contribution < 1.29 is 9.47 Å². The van der Waals surface area contributed by atoms with E-state index in [-0.39, 0.29) is 10.8 Å². The van der Waals surface area contributed by atoms with Gasteiger partial charge in [0.15, 0.2) is 0 Å². The molecule has 2 nitrogen and oxygen atoms in total. The highest BCUT2D eigenvalue weighted by Crippen LogP contribution is 2.37. The molecule has 3 aromatic carbocycles. The molecule has 0 unspecified atom stereocenters. The molecule has 0 bridgehead atoms. The smallest absolute Gasteiger partial charge is 0.132 e. The van der Waals surface area contributed by atoms with Crippen LogP contribution in [0.1, 0.15) is 63.8 Å². The lowest BCUT2D eigenvalue weighted by atomic mass is 9.87. The third-order valence-corrected chi connectivity index (χ3v) is 6.64. The van der Waals surface area contributed by atoms with Crippen LogP contribution in [0.5, 0.6) is 23.0 Å². The lowest BCUT2D eigenvalue weighted by Crippen LogP contribution is -2.10. The molecule has 32 heavy (non-hydrogen) atoms. The van der Waals surface area contributed by atoms with Gasteiger partial charge in [-0.2, -0.15) is 0 Å². The lowest BCUT2D eigenvalue weighted by molar-refractivity contribution is 0.461. The van der Waals surface area contributed by atoms with E-state index in [9.17, 15) is 0 Å². The molecule has 3 aromatic rings. The molecule has 0 aliphatic rings. The molecule has 0 heterocycles. The molecule has 0 radical (unpaired) electrons. The van der Waals surface area contributed by atoms with Crippen LogP contribution in [0.25, 0.3) is 0 Å². The summed E-state index contributed by atoms with van der Waals surface area (Å²) < 4.78 is 12.5. The lowest BCUT2D eigenvalue weighted by Gasteiger charge is -2.20. The van der Waals surface area contributed by atoms with Gasteiger partial charge in [0.2, 0.25) is 0 Å². The van der Waals surface area contributed by atoms with Gasteiger partial charge in [-0.1, -0.05) is 97.7 Å². The molecule has 4 heteroatoms. The molecule has 0 fully saturated rings. The Morgan fingerprint density at radius 2 is 0.875 bits per heavy atom. The second-order valence-corrected chi connectivity index (χ2v) is 11.2. The number of ether oxygens (including phenoxy) is 2. The molecule has 0 saturated carbocycles. The van der Waals surface area contributed by atoms with Crippen LogP contribution in [-0.2, 0) is 21.5 Å². The number of alkyl halides is 2. The maximum absolute atomic E-state index is 6.26. The predicted molar refractivity (Wildman–Crippen MR) is 142 cm³/mol. The van der Waals surface area contributed by atoms with Crippen LogP contribution in [0.2, 0.25) is 0 Å². The zero-order valence-electron chi connectivity index (χ0n) is 19.8. The summed E-state index contributed by atoms with van der Waals surface area (Å²) in [5.74, 6) is 3.31. The van der Waals surface area contributed by atoms with E-state index in [0.29, 0.717) is 10.7 Å². The number of halogens is 2. The minimum Gasteiger partial charge on any atom is -0.457 e. The average molecular weight is 560 g/mol. The number of benzene rings is 3. The Labute approximate surface area is 209 Å². The Balaban J connectivity index is 1.86. The molecule has 0 N–H and O–H groups in total. The molecule has 0 amide bonds. The topological polar surface area (TPSA) is 18.5 Å². The van der Waals surface area contributed by atoms with Gasteiger partial charge in [0.25, 0.3) is 0 Å². The van der Waals surface area contributed by atoms with Gasteiger partial charge in [0.1, 0.15) is 23.0 Å². The first kappa shape index (κ1) is 24.9. The highest BCUT2D eigenvalue weighted by atomic mass is 79.9. The van der Waals surface area contributed by atoms with Crippen molar-refractivity contribution in [3.63, 3.8) is 0 Å². The van der Waals surface area contributed by atoms with Crippen molar-refractivity contribution in [2.75, 3.05) is 0 Å². The molecule has 3 rings (SSSR count). The molecule has 0 aliphatic carbocycles. The van der Waals surface area contributed by atoms with Crippen LogP contribution in [-0.4, -0.2) is 0 Å². The maximum Gasteiger partial charge on any atom is 0.132 e. The Kier molecular flexibility index (Phi) is 7.77. The summed E-state index contributed by atoms with van der Waals surface area (Å²) in [6.07, 6.45) is 0. The van der Waals surface area contributed by atoms with E-state index in [2.05, 4.69) is 110 Å². The van der Waals surface area contributed by atoms with Crippen LogP contribution < -0.4 is 9.47 Å². The third kappa shape index (κ3) is 6.17. The highest BCUT2D eigenvalue weighted by Gasteiger charge is 2.16. The highest BCUT2D eigenvalue weighted by molar-refractivity contribution is 9.08. The summed E-state index contributed by atoms with van der Waals surface area (Å²) in [5.41, 5.74) is 4.88. The van der Waals surface area contributed by atoms with Gasteiger partial charge in [-0.25, -0.2) is 0 Å². The average Bonchev–Trinajstić information content (AvgIpc) is 2.74. The zero-order chi connectivity index (χ0) is 23.5. The molecular weight excluding hydrogens is 528 g/mol. The second kappa shape index (κ2) is 10.0. The van der Waals surface area contributed by atoms with Crippen LogP contribution in [0.15, 0.2) is 60.7 Å². The van der Waals surface area contributed by atoms with Gasteiger partial charge in [-0.05, 0) is 58.4 Å². The van der Waals surface area contributed by atoms with Gasteiger partial charge in [-0.15, -0.1) is 0 Å². The number of rotatable bonds is 6. The summed E-state index contributed by atoms with van der Waals surface area (Å²) in [6, 6.07) is 20.8. The Morgan fingerprint density at radius 3 is 1.12 bits per heavy atom. The van der Waals surface area contributed by atoms with E-state index in [4.69, 9.17) is 9.47 Å². The SMILES string of the molecule is CC(C)(C)c1ccc(Oc2cc(CBr)c(Oc3ccc(C(C)(C)C)cc3)cc2CBr)cc1. The standard InChI is InChI=1S/C28H32Br2O2/c1-27(2,3)21-7-11-23(12-8-21)31-25-15-20(18-30)26(16-19(25)17-29)32-24-13-9-22(10-14-24)28(4,5)6/h7-16H,17-18H2,1-6H3. The van der Waals surface area contributed by atoms with Crippen molar-refractivity contribution in [2.24, 2.45) is 0 Å². The minimum absolute atomic E-state index is 0.118. The molecular formula is C28H32Br2O2. The Hall–Kier alpha value is -1.78. The number of hydrogen-bond donors (Lipinski definition) is 0. The largest absolute Gasteiger partial charge is 0.457 e. The van der Waals surface area contributed by atoms with E-state index in [1.165, 1.54) is 11.1 Å². The van der Waals surface area contributed by atoms with Crippen molar-refractivity contribution >= 4 is 31.9 Å². The quantitative estimate of drug-likeness (QED) is 0.280. The summed E-state index contributed by atoms with van der Waals surface area (Å²) in [4.78, 5) is 0. The summed E-state index contributed by atoms with van der Waals surface area (Å²) in [7, 11) is 0. The van der Waals surface area contributed by atoms with Crippen molar-refractivity contribution in [1.29, 1.82) is 0 Å². The van der Waals surface area contributed by atoms with E-state index < -0.39 is 0 Å². The number of hydrogen-bond acceptors (Lipinski definition) is 2. The van der Waals surface area contributed by atoms with E-state index in [0.717, 1.165) is 34.1 Å². The van der Waals surface area contributed by atoms with E-state index in [1.54, 1.807) is 0 Å². The normalized spacial score (nSPS) is 12.0. The van der Waals surface area contributed by atoms with Crippen LogP contribution >= 0.6 is 31.9 Å². The fourth-order valence-electron chi connectivity index (χ4n) is 3.34. The molecule has 0 atom stereocenters. The van der Waals surface area contributed by atoms with Gasteiger partial charge >= 0.3 is 0 Å². The molecule has 170 valence electrons. The van der Waals surface area contributed by atoms with Gasteiger partial charge < -0.3 is 9.47 Å². The summed E-state index contributed by atoms with van der Waals surface area (Å²) in [6.45, 7) is 13.3. The van der Waals surface area contributed by atoms with Gasteiger partial charge in [0, 0.05) is 21.8 Å². The van der Waals surface area contributed by atoms with Gasteiger partial charge in [-0.3, -0.25) is 0 Å². The molecule has 0 aliphatic heterocycles. The Bertz CT molecular complexity index is 954. The van der Waals surface area contributed by atoms with Crippen LogP contribution in [0.3, 0.4) is 0 Å². The molecule has 0 aromatic heterocycles. The van der Waals surface area contributed by atoms with E-state index >= 15 is 0 Å². The fourth-order valence-corrected chi connectivity index (χ4v) is 4.22. The summed E-state index contributed by atoms with van der Waals surface area (Å²) >= 11 is 7.22. The first-order chi connectivity index (χ1) is 15.0. The predicted octanol–water partition coefficient (Wildman–Crippen LogP) is 9.66. The van der Waals surface area contributed by atoms with Crippen LogP contribution in [0, 0.1) is 0 Å². The maximum atomic E-state index is 6.26. The minimum atomic E-state index is 0.118.